The SMILES string of the molecule is CCn1nccc1C(CCOc1ccccc1)NC. The molecule has 1 aromatic heterocycles. The lowest BCUT2D eigenvalue weighted by molar-refractivity contribution is 0.286. The molecular formula is C15H21N3O. The number of benzene rings is 1. The predicted octanol–water partition coefficient (Wildman–Crippen LogP) is 2.63. The number of hydrogen-bond acceptors (Lipinski definition) is 3. The number of rotatable bonds is 7. The van der Waals surface area contributed by atoms with Gasteiger partial charge in [-0.15, -0.1) is 0 Å². The molecule has 0 spiro atoms. The Hall–Kier alpha value is -1.81. The van der Waals surface area contributed by atoms with E-state index in [1.54, 1.807) is 0 Å². The van der Waals surface area contributed by atoms with Gasteiger partial charge in [0.2, 0.25) is 0 Å². The first-order valence-electron chi connectivity index (χ1n) is 6.72. The zero-order valence-electron chi connectivity index (χ0n) is 11.5. The lowest BCUT2D eigenvalue weighted by Gasteiger charge is -2.17. The van der Waals surface area contributed by atoms with Crippen LogP contribution < -0.4 is 10.1 Å². The largest absolute Gasteiger partial charge is 0.494 e. The summed E-state index contributed by atoms with van der Waals surface area (Å²) in [6, 6.07) is 12.2. The van der Waals surface area contributed by atoms with Crippen molar-refractivity contribution in [2.24, 2.45) is 0 Å². The summed E-state index contributed by atoms with van der Waals surface area (Å²) in [5, 5.41) is 7.63. The molecule has 0 bridgehead atoms. The lowest BCUT2D eigenvalue weighted by Crippen LogP contribution is -2.22. The Morgan fingerprint density at radius 2 is 2.05 bits per heavy atom. The molecule has 4 heteroatoms. The van der Waals surface area contributed by atoms with Crippen molar-refractivity contribution >= 4 is 0 Å². The molecule has 2 aromatic rings. The van der Waals surface area contributed by atoms with Gasteiger partial charge in [-0.05, 0) is 32.2 Å². The highest BCUT2D eigenvalue weighted by molar-refractivity contribution is 5.20. The zero-order chi connectivity index (χ0) is 13.5. The van der Waals surface area contributed by atoms with Crippen LogP contribution in [0.1, 0.15) is 25.1 Å². The molecule has 0 saturated heterocycles. The number of hydrogen-bond donors (Lipinski definition) is 1. The van der Waals surface area contributed by atoms with Crippen LogP contribution in [-0.4, -0.2) is 23.4 Å². The molecule has 0 aliphatic rings. The molecule has 2 rings (SSSR count). The van der Waals surface area contributed by atoms with Crippen LogP contribution in [0.4, 0.5) is 0 Å². The Kier molecular flexibility index (Phi) is 4.98. The summed E-state index contributed by atoms with van der Waals surface area (Å²) in [5.74, 6) is 0.918. The normalized spacial score (nSPS) is 12.3. The molecular weight excluding hydrogens is 238 g/mol. The Balaban J connectivity index is 1.90. The summed E-state index contributed by atoms with van der Waals surface area (Å²) >= 11 is 0. The fraction of sp³-hybridized carbons (Fsp3) is 0.400. The first-order valence-corrected chi connectivity index (χ1v) is 6.72. The first kappa shape index (κ1) is 13.6. The van der Waals surface area contributed by atoms with Crippen molar-refractivity contribution in [2.75, 3.05) is 13.7 Å². The van der Waals surface area contributed by atoms with Gasteiger partial charge in [-0.25, -0.2) is 0 Å². The van der Waals surface area contributed by atoms with E-state index in [1.165, 1.54) is 5.69 Å². The second-order valence-electron chi connectivity index (χ2n) is 4.36. The van der Waals surface area contributed by atoms with E-state index in [-0.39, 0.29) is 6.04 Å². The van der Waals surface area contributed by atoms with Gasteiger partial charge in [-0.3, -0.25) is 4.68 Å². The Labute approximate surface area is 114 Å². The highest BCUT2D eigenvalue weighted by Gasteiger charge is 2.13. The molecule has 1 unspecified atom stereocenters. The van der Waals surface area contributed by atoms with Gasteiger partial charge in [0.25, 0.3) is 0 Å². The van der Waals surface area contributed by atoms with Crippen LogP contribution in [-0.2, 0) is 6.54 Å². The van der Waals surface area contributed by atoms with Crippen LogP contribution in [0.5, 0.6) is 5.75 Å². The van der Waals surface area contributed by atoms with Crippen LogP contribution >= 0.6 is 0 Å². The minimum absolute atomic E-state index is 0.270. The standard InChI is InChI=1S/C15H21N3O/c1-3-18-15(9-11-17-18)14(16-2)10-12-19-13-7-5-4-6-8-13/h4-9,11,14,16H,3,10,12H2,1-2H3. The van der Waals surface area contributed by atoms with E-state index in [1.807, 2.05) is 48.3 Å². The fourth-order valence-electron chi connectivity index (χ4n) is 2.15. The van der Waals surface area contributed by atoms with Gasteiger partial charge in [0.1, 0.15) is 5.75 Å². The zero-order valence-corrected chi connectivity index (χ0v) is 11.5. The third-order valence-electron chi connectivity index (χ3n) is 3.17. The average Bonchev–Trinajstić information content (AvgIpc) is 2.93. The molecule has 0 aliphatic heterocycles. The summed E-state index contributed by atoms with van der Waals surface area (Å²) < 4.78 is 7.76. The van der Waals surface area contributed by atoms with Crippen molar-refractivity contribution in [3.05, 3.63) is 48.3 Å². The minimum Gasteiger partial charge on any atom is -0.494 e. The van der Waals surface area contributed by atoms with Crippen molar-refractivity contribution in [3.8, 4) is 5.75 Å². The third-order valence-corrected chi connectivity index (χ3v) is 3.17. The molecule has 0 radical (unpaired) electrons. The molecule has 0 fully saturated rings. The molecule has 0 aliphatic carbocycles. The molecule has 4 nitrogen and oxygen atoms in total. The summed E-state index contributed by atoms with van der Waals surface area (Å²) in [4.78, 5) is 0. The smallest absolute Gasteiger partial charge is 0.119 e. The second-order valence-corrected chi connectivity index (χ2v) is 4.36. The maximum Gasteiger partial charge on any atom is 0.119 e. The first-order chi connectivity index (χ1) is 9.35. The highest BCUT2D eigenvalue weighted by atomic mass is 16.5. The Bertz CT molecular complexity index is 481. The lowest BCUT2D eigenvalue weighted by atomic mass is 10.1. The van der Waals surface area contributed by atoms with Gasteiger partial charge in [-0.2, -0.15) is 5.10 Å². The summed E-state index contributed by atoms with van der Waals surface area (Å²) in [6.07, 6.45) is 2.76. The molecule has 19 heavy (non-hydrogen) atoms. The van der Waals surface area contributed by atoms with Crippen molar-refractivity contribution < 1.29 is 4.74 Å². The Morgan fingerprint density at radius 1 is 1.26 bits per heavy atom. The van der Waals surface area contributed by atoms with E-state index >= 15 is 0 Å². The number of aromatic nitrogens is 2. The van der Waals surface area contributed by atoms with E-state index in [9.17, 15) is 0 Å². The van der Waals surface area contributed by atoms with Gasteiger partial charge in [0, 0.05) is 19.2 Å². The topological polar surface area (TPSA) is 39.1 Å². The van der Waals surface area contributed by atoms with Crippen LogP contribution in [0.3, 0.4) is 0 Å². The number of nitrogens with one attached hydrogen (secondary N) is 1. The van der Waals surface area contributed by atoms with Gasteiger partial charge in [0.15, 0.2) is 0 Å². The summed E-state index contributed by atoms with van der Waals surface area (Å²) in [5.41, 5.74) is 1.21. The molecule has 0 amide bonds. The van der Waals surface area contributed by atoms with Crippen molar-refractivity contribution in [1.82, 2.24) is 15.1 Å². The molecule has 1 atom stereocenters. The fourth-order valence-corrected chi connectivity index (χ4v) is 2.15. The predicted molar refractivity (Wildman–Crippen MR) is 76.3 cm³/mol. The summed E-state index contributed by atoms with van der Waals surface area (Å²) in [6.45, 7) is 3.67. The van der Waals surface area contributed by atoms with Crippen LogP contribution in [0.25, 0.3) is 0 Å². The van der Waals surface area contributed by atoms with Crippen LogP contribution in [0, 0.1) is 0 Å². The maximum absolute atomic E-state index is 5.74. The molecule has 1 heterocycles. The maximum atomic E-state index is 5.74. The second kappa shape index (κ2) is 6.95. The third kappa shape index (κ3) is 3.58. The Morgan fingerprint density at radius 3 is 2.74 bits per heavy atom. The van der Waals surface area contributed by atoms with E-state index in [4.69, 9.17) is 4.74 Å². The van der Waals surface area contributed by atoms with E-state index in [0.717, 1.165) is 18.7 Å². The molecule has 102 valence electrons. The van der Waals surface area contributed by atoms with Gasteiger partial charge in [0.05, 0.1) is 18.3 Å². The number of aryl methyl sites for hydroxylation is 1. The van der Waals surface area contributed by atoms with E-state index < -0.39 is 0 Å². The number of para-hydroxylation sites is 1. The molecule has 1 aromatic carbocycles. The van der Waals surface area contributed by atoms with Crippen molar-refractivity contribution in [3.63, 3.8) is 0 Å². The summed E-state index contributed by atoms with van der Waals surface area (Å²) in [7, 11) is 1.97. The van der Waals surface area contributed by atoms with Gasteiger partial charge in [-0.1, -0.05) is 18.2 Å². The van der Waals surface area contributed by atoms with Gasteiger partial charge >= 0.3 is 0 Å². The highest BCUT2D eigenvalue weighted by Crippen LogP contribution is 2.17. The van der Waals surface area contributed by atoms with Crippen LogP contribution in [0.15, 0.2) is 42.6 Å². The monoisotopic (exact) mass is 259 g/mol. The van der Waals surface area contributed by atoms with E-state index in [2.05, 4.69) is 23.4 Å². The van der Waals surface area contributed by atoms with Crippen LogP contribution in [0.2, 0.25) is 0 Å². The molecule has 0 saturated carbocycles. The quantitative estimate of drug-likeness (QED) is 0.831. The van der Waals surface area contributed by atoms with Crippen molar-refractivity contribution in [2.45, 2.75) is 25.9 Å². The van der Waals surface area contributed by atoms with Gasteiger partial charge < -0.3 is 10.1 Å². The number of ether oxygens (including phenoxy) is 1. The molecule has 1 N–H and O–H groups in total. The number of nitrogens with zero attached hydrogens (tertiary/aromatic N) is 2. The van der Waals surface area contributed by atoms with Crippen molar-refractivity contribution in [1.29, 1.82) is 0 Å². The minimum atomic E-state index is 0.270. The van der Waals surface area contributed by atoms with E-state index in [0.29, 0.717) is 6.61 Å². The average molecular weight is 259 g/mol.